The van der Waals surface area contributed by atoms with Crippen molar-refractivity contribution in [3.63, 3.8) is 0 Å². The Bertz CT molecular complexity index is 1070. The third-order valence-corrected chi connectivity index (χ3v) is 9.62. The van der Waals surface area contributed by atoms with Crippen molar-refractivity contribution in [2.45, 2.75) is 129 Å². The largest absolute Gasteiger partial charge is 0.491 e. The number of amides is 1. The third-order valence-electron chi connectivity index (χ3n) is 9.62. The van der Waals surface area contributed by atoms with E-state index in [-0.39, 0.29) is 48.6 Å². The fraction of sp³-hybridized carbons (Fsp3) is 0.833. The van der Waals surface area contributed by atoms with Gasteiger partial charge in [0.15, 0.2) is 0 Å². The summed E-state index contributed by atoms with van der Waals surface area (Å²) in [5.41, 5.74) is 1.38. The summed E-state index contributed by atoms with van der Waals surface area (Å²) in [6.07, 6.45) is 22.0. The first-order valence-corrected chi connectivity index (χ1v) is 23.8. The molecule has 0 aliphatic rings. The van der Waals surface area contributed by atoms with Crippen molar-refractivity contribution in [1.29, 1.82) is 0 Å². The minimum atomic E-state index is -0.956. The number of aliphatic carboxylic acids is 1. The Morgan fingerprint density at radius 3 is 1.17 bits per heavy atom. The zero-order valence-corrected chi connectivity index (χ0v) is 42.3. The van der Waals surface area contributed by atoms with Crippen LogP contribution in [0.1, 0.15) is 129 Å². The number of aliphatic hydroxyl groups is 1. The van der Waals surface area contributed by atoms with Crippen LogP contribution in [0.5, 0.6) is 5.75 Å². The van der Waals surface area contributed by atoms with Crippen molar-refractivity contribution >= 4 is 41.4 Å². The molecule has 365 valence electrons. The molecule has 15 heteroatoms. The molecule has 63 heavy (non-hydrogen) atoms. The van der Waals surface area contributed by atoms with Crippen LogP contribution in [0.25, 0.3) is 0 Å². The predicted octanol–water partition coefficient (Wildman–Crippen LogP) is 7.55. The maximum atomic E-state index is 11.5. The quantitative estimate of drug-likeness (QED) is 0.0488. The molecule has 0 unspecified atom stereocenters. The Hall–Kier alpha value is -1.40. The van der Waals surface area contributed by atoms with Gasteiger partial charge in [0.1, 0.15) is 18.9 Å². The van der Waals surface area contributed by atoms with Crippen molar-refractivity contribution in [2.24, 2.45) is 0 Å². The zero-order valence-electron chi connectivity index (χ0n) is 40.3. The Balaban J connectivity index is 0. The molecule has 0 atom stereocenters. The summed E-state index contributed by atoms with van der Waals surface area (Å²) in [4.78, 5) is 23.3. The van der Waals surface area contributed by atoms with E-state index in [1.807, 2.05) is 0 Å². The van der Waals surface area contributed by atoms with Gasteiger partial charge in [-0.05, 0) is 37.0 Å². The maximum absolute atomic E-state index is 11.5. The van der Waals surface area contributed by atoms with Crippen molar-refractivity contribution in [1.82, 2.24) is 4.90 Å². The Labute approximate surface area is 404 Å². The van der Waals surface area contributed by atoms with E-state index < -0.39 is 5.97 Å². The number of hydrogen-bond acceptors (Lipinski definition) is 12. The molecule has 1 aromatic carbocycles. The summed E-state index contributed by atoms with van der Waals surface area (Å²) in [7, 11) is 1.55. The Morgan fingerprint density at radius 1 is 0.476 bits per heavy atom. The number of rotatable bonds is 47. The molecule has 0 fully saturated rings. The van der Waals surface area contributed by atoms with Crippen LogP contribution in [-0.4, -0.2) is 189 Å². The van der Waals surface area contributed by atoms with E-state index in [0.717, 1.165) is 25.0 Å². The van der Waals surface area contributed by atoms with E-state index in [1.54, 1.807) is 7.05 Å². The number of aryl methyl sites for hydroxylation is 1. The van der Waals surface area contributed by atoms with Gasteiger partial charge < -0.3 is 57.7 Å². The number of carbonyl (C=O) groups is 2. The van der Waals surface area contributed by atoms with E-state index in [9.17, 15) is 9.59 Å². The van der Waals surface area contributed by atoms with Gasteiger partial charge in [0.2, 0.25) is 5.91 Å². The van der Waals surface area contributed by atoms with Crippen LogP contribution in [-0.2, 0) is 53.9 Å². The summed E-state index contributed by atoms with van der Waals surface area (Å²) >= 11 is 0. The number of aliphatic hydroxyl groups excluding tert-OH is 1. The van der Waals surface area contributed by atoms with E-state index in [0.29, 0.717) is 119 Å². The van der Waals surface area contributed by atoms with E-state index in [4.69, 9.17) is 52.8 Å². The molecular weight excluding hydrogens is 822 g/mol. The number of hydrogen-bond donors (Lipinski definition) is 2. The predicted molar refractivity (Wildman–Crippen MR) is 250 cm³/mol. The second kappa shape index (κ2) is 53.2. The molecule has 1 amide bonds. The van der Waals surface area contributed by atoms with Gasteiger partial charge in [0, 0.05) is 43.0 Å². The molecule has 1 rings (SSSR count). The van der Waals surface area contributed by atoms with Gasteiger partial charge in [0.05, 0.1) is 112 Å². The van der Waals surface area contributed by atoms with Gasteiger partial charge in [-0.15, -0.1) is 0 Å². The molecule has 0 heterocycles. The molecule has 1 aromatic rings. The van der Waals surface area contributed by atoms with E-state index >= 15 is 0 Å². The number of likely N-dealkylation sites (N-methyl/N-ethyl adjacent to an activating group) is 1. The maximum Gasteiger partial charge on any atom is 0.323 e. The first-order chi connectivity index (χ1) is 30.4. The summed E-state index contributed by atoms with van der Waals surface area (Å²) in [5, 5.41) is 17.1. The fourth-order valence-electron chi connectivity index (χ4n) is 6.03. The van der Waals surface area contributed by atoms with Crippen LogP contribution < -0.4 is 4.74 Å². The first-order valence-electron chi connectivity index (χ1n) is 23.8. The summed E-state index contributed by atoms with van der Waals surface area (Å²) < 4.78 is 49.1. The molecule has 1 radical (unpaired) electrons. The summed E-state index contributed by atoms with van der Waals surface area (Å²) in [5.74, 6) is -0.133. The average Bonchev–Trinajstić information content (AvgIpc) is 3.27. The fourth-order valence-corrected chi connectivity index (χ4v) is 6.03. The molecule has 0 saturated heterocycles. The second-order valence-electron chi connectivity index (χ2n) is 15.2. The summed E-state index contributed by atoms with van der Waals surface area (Å²) in [6, 6.07) is 8.45. The third kappa shape index (κ3) is 49.9. The number of benzene rings is 1. The van der Waals surface area contributed by atoms with E-state index in [1.165, 1.54) is 100 Å². The number of unbranched alkanes of at least 4 members (excludes halogenated alkanes) is 14. The van der Waals surface area contributed by atoms with Crippen molar-refractivity contribution < 1.29 is 62.4 Å². The molecule has 14 nitrogen and oxygen atoms in total. The number of ether oxygens (including phenoxy) is 9. The SMILES string of the molecule is CCCCCCCCCCCC(=O)N(C)CC(=O)O.CCCCCCCCCc1ccc(OCCOCCOCCOCCOCCOCCOCCOCCOCCO)cc1.[Na]. The minimum Gasteiger partial charge on any atom is -0.491 e. The van der Waals surface area contributed by atoms with Gasteiger partial charge in [0.25, 0.3) is 0 Å². The first kappa shape index (κ1) is 63.7. The second-order valence-corrected chi connectivity index (χ2v) is 15.2. The smallest absolute Gasteiger partial charge is 0.323 e. The molecule has 0 aliphatic carbocycles. The monoisotopic (exact) mass is 911 g/mol. The van der Waals surface area contributed by atoms with Gasteiger partial charge in [-0.1, -0.05) is 116 Å². The number of carbonyl (C=O) groups excluding carboxylic acids is 1. The van der Waals surface area contributed by atoms with Crippen LogP contribution in [0.15, 0.2) is 24.3 Å². The Kier molecular flexibility index (Phi) is 53.8. The van der Waals surface area contributed by atoms with Gasteiger partial charge in [-0.3, -0.25) is 9.59 Å². The molecule has 0 spiro atoms. The van der Waals surface area contributed by atoms with Crippen LogP contribution in [0.2, 0.25) is 0 Å². The summed E-state index contributed by atoms with van der Waals surface area (Å²) in [6.45, 7) is 12.9. The standard InChI is InChI=1S/C33H60O10.C15H29NO3.Na/c1-2-3-4-5-6-7-8-9-32-10-12-33(13-11-32)43-31-30-42-29-28-41-27-26-40-25-24-39-23-22-38-21-20-37-19-18-36-17-16-35-15-14-34;1-3-4-5-6-7-8-9-10-11-12-14(17)16(2)13-15(18)19;/h10-13,34H,2-9,14-31H2,1H3;3-13H2,1-2H3,(H,18,19);. The number of nitrogens with zero attached hydrogens (tertiary/aromatic N) is 1. The van der Waals surface area contributed by atoms with Crippen molar-refractivity contribution in [2.75, 3.05) is 133 Å². The van der Waals surface area contributed by atoms with Crippen molar-refractivity contribution in [3.05, 3.63) is 29.8 Å². The zero-order chi connectivity index (χ0) is 45.2. The van der Waals surface area contributed by atoms with Crippen molar-refractivity contribution in [3.8, 4) is 5.75 Å². The van der Waals surface area contributed by atoms with Crippen LogP contribution >= 0.6 is 0 Å². The molecule has 0 saturated carbocycles. The Morgan fingerprint density at radius 2 is 0.810 bits per heavy atom. The van der Waals surface area contributed by atoms with Gasteiger partial charge in [-0.2, -0.15) is 0 Å². The molecule has 0 aromatic heterocycles. The number of carboxylic acids is 1. The topological polar surface area (TPSA) is 161 Å². The minimum absolute atomic E-state index is 0. The van der Waals surface area contributed by atoms with Gasteiger partial charge in [-0.25, -0.2) is 0 Å². The molecule has 0 bridgehead atoms. The van der Waals surface area contributed by atoms with Crippen LogP contribution in [0, 0.1) is 0 Å². The normalized spacial score (nSPS) is 10.9. The molecule has 0 aliphatic heterocycles. The van der Waals surface area contributed by atoms with Gasteiger partial charge >= 0.3 is 5.97 Å². The number of carboxylic acid groups (broad SMARTS) is 1. The molecule has 2 N–H and O–H groups in total. The average molecular weight is 911 g/mol. The van der Waals surface area contributed by atoms with E-state index in [2.05, 4.69) is 38.1 Å². The molecular formula is C48H89NNaO13. The van der Waals surface area contributed by atoms with Crippen LogP contribution in [0.4, 0.5) is 0 Å². The van der Waals surface area contributed by atoms with Crippen LogP contribution in [0.3, 0.4) is 0 Å².